The van der Waals surface area contributed by atoms with Crippen molar-refractivity contribution in [1.29, 1.82) is 0 Å². The zero-order valence-corrected chi connectivity index (χ0v) is 18.2. The third-order valence-corrected chi connectivity index (χ3v) is 7.64. The van der Waals surface area contributed by atoms with Crippen LogP contribution in [0.3, 0.4) is 0 Å². The topological polar surface area (TPSA) is 84.6 Å². The van der Waals surface area contributed by atoms with Gasteiger partial charge in [-0.1, -0.05) is 11.6 Å². The number of halogens is 1. The molecule has 1 fully saturated rings. The third-order valence-electron chi connectivity index (χ3n) is 5.50. The number of aryl methyl sites for hydroxylation is 2. The van der Waals surface area contributed by atoms with Crippen LogP contribution >= 0.6 is 11.6 Å². The highest BCUT2D eigenvalue weighted by molar-refractivity contribution is 7.89. The molecule has 0 bridgehead atoms. The number of carbonyl (C=O) groups is 1. The van der Waals surface area contributed by atoms with E-state index in [9.17, 15) is 18.0 Å². The molecule has 0 spiro atoms. The molecule has 0 saturated carbocycles. The van der Waals surface area contributed by atoms with E-state index in [1.807, 2.05) is 0 Å². The van der Waals surface area contributed by atoms with Gasteiger partial charge in [-0.15, -0.1) is 0 Å². The molecule has 0 radical (unpaired) electrons. The summed E-state index contributed by atoms with van der Waals surface area (Å²) in [5.74, 6) is -0.149. The molecule has 0 unspecified atom stereocenters. The number of carbonyl (C=O) groups excluding carboxylic acids is 1. The average Bonchev–Trinajstić information content (AvgIpc) is 2.97. The van der Waals surface area contributed by atoms with Gasteiger partial charge >= 0.3 is 5.69 Å². The van der Waals surface area contributed by atoms with E-state index in [0.717, 1.165) is 0 Å². The standard InChI is InChI=1S/C20H21ClN4O4S/c1-22-17-8-7-16(13-18(17)23(2)20(22)27)30(28,29)25-11-9-24(10-12-25)19(26)14-3-5-15(21)6-4-14/h3-8,13H,9-12H2,1-2H3. The lowest BCUT2D eigenvalue weighted by molar-refractivity contribution is 0.0698. The van der Waals surface area contributed by atoms with Crippen molar-refractivity contribution in [3.8, 4) is 0 Å². The lowest BCUT2D eigenvalue weighted by atomic mass is 10.2. The highest BCUT2D eigenvalue weighted by Gasteiger charge is 2.31. The molecule has 2 heterocycles. The number of rotatable bonds is 3. The van der Waals surface area contributed by atoms with E-state index in [1.54, 1.807) is 49.3 Å². The quantitative estimate of drug-likeness (QED) is 0.610. The Labute approximate surface area is 178 Å². The maximum atomic E-state index is 13.1. The van der Waals surface area contributed by atoms with Crippen LogP contribution in [0.4, 0.5) is 0 Å². The van der Waals surface area contributed by atoms with Gasteiger partial charge in [0, 0.05) is 50.9 Å². The van der Waals surface area contributed by atoms with Crippen molar-refractivity contribution in [2.45, 2.75) is 4.90 Å². The van der Waals surface area contributed by atoms with Crippen LogP contribution in [0.1, 0.15) is 10.4 Å². The Morgan fingerprint density at radius 1 is 0.900 bits per heavy atom. The van der Waals surface area contributed by atoms with Crippen LogP contribution in [0, 0.1) is 0 Å². The van der Waals surface area contributed by atoms with Crippen LogP contribution in [0.5, 0.6) is 0 Å². The zero-order valence-electron chi connectivity index (χ0n) is 16.6. The van der Waals surface area contributed by atoms with E-state index in [4.69, 9.17) is 11.6 Å². The number of sulfonamides is 1. The van der Waals surface area contributed by atoms with Crippen molar-refractivity contribution in [3.63, 3.8) is 0 Å². The third kappa shape index (κ3) is 3.42. The molecule has 1 aromatic heterocycles. The minimum atomic E-state index is -3.74. The van der Waals surface area contributed by atoms with Crippen molar-refractivity contribution in [2.75, 3.05) is 26.2 Å². The fourth-order valence-corrected chi connectivity index (χ4v) is 5.27. The first-order valence-electron chi connectivity index (χ1n) is 9.40. The van der Waals surface area contributed by atoms with Crippen molar-refractivity contribution >= 4 is 38.6 Å². The maximum absolute atomic E-state index is 13.1. The summed E-state index contributed by atoms with van der Waals surface area (Å²) >= 11 is 5.87. The molecule has 3 aromatic rings. The van der Waals surface area contributed by atoms with Crippen molar-refractivity contribution < 1.29 is 13.2 Å². The SMILES string of the molecule is Cn1c(=O)n(C)c2cc(S(=O)(=O)N3CCN(C(=O)c4ccc(Cl)cc4)CC3)ccc21. The molecule has 1 aliphatic heterocycles. The first-order chi connectivity index (χ1) is 14.2. The van der Waals surface area contributed by atoms with Gasteiger partial charge < -0.3 is 4.90 Å². The van der Waals surface area contributed by atoms with Crippen molar-refractivity contribution in [2.24, 2.45) is 14.1 Å². The molecule has 0 N–H and O–H groups in total. The fraction of sp³-hybridized carbons (Fsp3) is 0.300. The smallest absolute Gasteiger partial charge is 0.328 e. The van der Waals surface area contributed by atoms with Crippen LogP contribution < -0.4 is 5.69 Å². The van der Waals surface area contributed by atoms with Crippen LogP contribution in [-0.2, 0) is 24.1 Å². The summed E-state index contributed by atoms with van der Waals surface area (Å²) in [5.41, 5.74) is 1.53. The highest BCUT2D eigenvalue weighted by atomic mass is 35.5. The Bertz CT molecular complexity index is 1290. The second-order valence-electron chi connectivity index (χ2n) is 7.25. The first kappa shape index (κ1) is 20.6. The number of amides is 1. The molecular formula is C20H21ClN4O4S. The predicted octanol–water partition coefficient (Wildman–Crippen LogP) is 1.68. The Kier molecular flexibility index (Phi) is 5.21. The predicted molar refractivity (Wildman–Crippen MR) is 114 cm³/mol. The summed E-state index contributed by atoms with van der Waals surface area (Å²) in [5, 5.41) is 0.551. The van der Waals surface area contributed by atoms with Gasteiger partial charge in [0.15, 0.2) is 0 Å². The lowest BCUT2D eigenvalue weighted by Crippen LogP contribution is -2.50. The molecule has 8 nitrogen and oxygen atoms in total. The Morgan fingerprint density at radius 2 is 1.50 bits per heavy atom. The van der Waals surface area contributed by atoms with Crippen molar-refractivity contribution in [1.82, 2.24) is 18.3 Å². The Hall–Kier alpha value is -2.62. The van der Waals surface area contributed by atoms with Crippen LogP contribution in [-0.4, -0.2) is 58.8 Å². The van der Waals surface area contributed by atoms with Gasteiger partial charge in [0.05, 0.1) is 15.9 Å². The second-order valence-corrected chi connectivity index (χ2v) is 9.63. The Morgan fingerprint density at radius 3 is 2.13 bits per heavy atom. The summed E-state index contributed by atoms with van der Waals surface area (Å²) in [6.45, 7) is 1.00. The van der Waals surface area contributed by atoms with E-state index in [0.29, 0.717) is 34.7 Å². The van der Waals surface area contributed by atoms with Gasteiger partial charge in [0.2, 0.25) is 10.0 Å². The molecule has 2 aromatic carbocycles. The summed E-state index contributed by atoms with van der Waals surface area (Å²) in [6.07, 6.45) is 0. The minimum absolute atomic E-state index is 0.133. The molecule has 4 rings (SSSR count). The number of aromatic nitrogens is 2. The zero-order chi connectivity index (χ0) is 21.6. The molecule has 10 heteroatoms. The molecule has 1 amide bonds. The van der Waals surface area contributed by atoms with Gasteiger partial charge in [-0.25, -0.2) is 13.2 Å². The maximum Gasteiger partial charge on any atom is 0.328 e. The average molecular weight is 449 g/mol. The number of fused-ring (bicyclic) bond motifs is 1. The second kappa shape index (κ2) is 7.57. The van der Waals surface area contributed by atoms with E-state index in [1.165, 1.54) is 25.6 Å². The molecule has 30 heavy (non-hydrogen) atoms. The lowest BCUT2D eigenvalue weighted by Gasteiger charge is -2.34. The number of imidazole rings is 1. The number of hydrogen-bond acceptors (Lipinski definition) is 4. The molecule has 158 valence electrons. The van der Waals surface area contributed by atoms with Gasteiger partial charge in [0.25, 0.3) is 5.91 Å². The van der Waals surface area contributed by atoms with E-state index < -0.39 is 10.0 Å². The monoisotopic (exact) mass is 448 g/mol. The number of hydrogen-bond donors (Lipinski definition) is 0. The van der Waals surface area contributed by atoms with Gasteiger partial charge in [-0.2, -0.15) is 4.31 Å². The van der Waals surface area contributed by atoms with Gasteiger partial charge in [-0.05, 0) is 42.5 Å². The normalized spacial score (nSPS) is 15.6. The summed E-state index contributed by atoms with van der Waals surface area (Å²) in [6, 6.07) is 11.3. The molecule has 0 atom stereocenters. The molecular weight excluding hydrogens is 428 g/mol. The number of nitrogens with zero attached hydrogens (tertiary/aromatic N) is 4. The molecule has 0 aliphatic carbocycles. The van der Waals surface area contributed by atoms with E-state index >= 15 is 0 Å². The van der Waals surface area contributed by atoms with Crippen molar-refractivity contribution in [3.05, 3.63) is 63.5 Å². The van der Waals surface area contributed by atoms with Gasteiger partial charge in [-0.3, -0.25) is 13.9 Å². The minimum Gasteiger partial charge on any atom is -0.336 e. The largest absolute Gasteiger partial charge is 0.336 e. The van der Waals surface area contributed by atoms with Crippen LogP contribution in [0.25, 0.3) is 11.0 Å². The van der Waals surface area contributed by atoms with Crippen LogP contribution in [0.2, 0.25) is 5.02 Å². The van der Waals surface area contributed by atoms with Crippen LogP contribution in [0.15, 0.2) is 52.2 Å². The summed E-state index contributed by atoms with van der Waals surface area (Å²) in [4.78, 5) is 26.5. The Balaban J connectivity index is 1.53. The van der Waals surface area contributed by atoms with E-state index in [2.05, 4.69) is 0 Å². The summed E-state index contributed by atoms with van der Waals surface area (Å²) in [7, 11) is -0.478. The fourth-order valence-electron chi connectivity index (χ4n) is 3.70. The van der Waals surface area contributed by atoms with Gasteiger partial charge in [0.1, 0.15) is 0 Å². The molecule has 1 aliphatic rings. The number of benzene rings is 2. The number of piperazine rings is 1. The summed E-state index contributed by atoms with van der Waals surface area (Å²) < 4.78 is 30.5. The highest BCUT2D eigenvalue weighted by Crippen LogP contribution is 2.23. The first-order valence-corrected chi connectivity index (χ1v) is 11.2. The molecule has 1 saturated heterocycles. The van der Waals surface area contributed by atoms with E-state index in [-0.39, 0.29) is 29.6 Å².